The number of nitrogens with zero attached hydrogens (tertiary/aromatic N) is 2. The number of guanidine groups is 1. The van der Waals surface area contributed by atoms with Crippen LogP contribution in [0.4, 0.5) is 0 Å². The molecular weight excluding hydrogens is 397 g/mol. The van der Waals surface area contributed by atoms with Crippen molar-refractivity contribution in [1.82, 2.24) is 4.90 Å². The maximum atomic E-state index is 5.89. The molecule has 6 nitrogen and oxygen atoms in total. The number of benzene rings is 1. The van der Waals surface area contributed by atoms with Crippen molar-refractivity contribution in [2.75, 3.05) is 40.5 Å². The van der Waals surface area contributed by atoms with Crippen molar-refractivity contribution >= 4 is 29.9 Å². The van der Waals surface area contributed by atoms with Crippen molar-refractivity contribution in [3.63, 3.8) is 0 Å². The van der Waals surface area contributed by atoms with E-state index in [0.717, 1.165) is 13.1 Å². The Balaban J connectivity index is 0.00000441. The van der Waals surface area contributed by atoms with Gasteiger partial charge in [-0.2, -0.15) is 0 Å². The summed E-state index contributed by atoms with van der Waals surface area (Å²) in [5.74, 6) is 2.61. The van der Waals surface area contributed by atoms with Gasteiger partial charge in [0, 0.05) is 31.3 Å². The number of halogens is 1. The van der Waals surface area contributed by atoms with Gasteiger partial charge in [0.25, 0.3) is 0 Å². The largest absolute Gasteiger partial charge is 0.496 e. The highest BCUT2D eigenvalue weighted by molar-refractivity contribution is 14.0. The summed E-state index contributed by atoms with van der Waals surface area (Å²) in [5.41, 5.74) is 5.89. The van der Waals surface area contributed by atoms with Gasteiger partial charge in [0.15, 0.2) is 5.96 Å². The number of hydrogen-bond donors (Lipinski definition) is 1. The Hall–Kier alpha value is -1.38. The van der Waals surface area contributed by atoms with E-state index in [1.54, 1.807) is 32.4 Å². The van der Waals surface area contributed by atoms with Crippen molar-refractivity contribution in [3.05, 3.63) is 18.2 Å². The van der Waals surface area contributed by atoms with Gasteiger partial charge in [0.05, 0.1) is 20.8 Å². The van der Waals surface area contributed by atoms with Crippen molar-refractivity contribution in [2.45, 2.75) is 13.8 Å². The first-order chi connectivity index (χ1) is 10.1. The Morgan fingerprint density at radius 1 is 1.05 bits per heavy atom. The van der Waals surface area contributed by atoms with Gasteiger partial charge in [0.2, 0.25) is 0 Å². The number of aliphatic imine (C=N–C) groups is 1. The summed E-state index contributed by atoms with van der Waals surface area (Å²) in [7, 11) is 3.21. The van der Waals surface area contributed by atoms with Crippen LogP contribution in [0.15, 0.2) is 23.2 Å². The van der Waals surface area contributed by atoms with Gasteiger partial charge in [-0.05, 0) is 13.8 Å². The highest BCUT2D eigenvalue weighted by Crippen LogP contribution is 2.27. The average molecular weight is 423 g/mol. The average Bonchev–Trinajstić information content (AvgIpc) is 2.52. The predicted octanol–water partition coefficient (Wildman–Crippen LogP) is 2.36. The number of nitrogens with two attached hydrogens (primary N) is 1. The first-order valence-corrected chi connectivity index (χ1v) is 7.05. The topological polar surface area (TPSA) is 69.3 Å². The SMILES string of the molecule is CCN(CC)C(N)=NCCOc1cc(OC)cc(OC)c1.I. The van der Waals surface area contributed by atoms with E-state index >= 15 is 0 Å². The van der Waals surface area contributed by atoms with Crippen LogP contribution in [0.25, 0.3) is 0 Å². The summed E-state index contributed by atoms with van der Waals surface area (Å²) in [4.78, 5) is 6.29. The predicted molar refractivity (Wildman–Crippen MR) is 99.9 cm³/mol. The molecule has 0 aromatic heterocycles. The second-order valence-corrected chi connectivity index (χ2v) is 4.31. The quantitative estimate of drug-likeness (QED) is 0.301. The molecule has 0 saturated heterocycles. The molecule has 0 bridgehead atoms. The van der Waals surface area contributed by atoms with Gasteiger partial charge in [-0.25, -0.2) is 4.99 Å². The van der Waals surface area contributed by atoms with Gasteiger partial charge in [-0.3, -0.25) is 0 Å². The summed E-state index contributed by atoms with van der Waals surface area (Å²) < 4.78 is 16.0. The molecule has 1 rings (SSSR count). The molecule has 0 radical (unpaired) electrons. The van der Waals surface area contributed by atoms with Gasteiger partial charge < -0.3 is 24.8 Å². The lowest BCUT2D eigenvalue weighted by molar-refractivity contribution is 0.320. The van der Waals surface area contributed by atoms with E-state index in [9.17, 15) is 0 Å². The second-order valence-electron chi connectivity index (χ2n) is 4.31. The molecule has 22 heavy (non-hydrogen) atoms. The van der Waals surface area contributed by atoms with Gasteiger partial charge in [-0.1, -0.05) is 0 Å². The van der Waals surface area contributed by atoms with Crippen LogP contribution in [0, 0.1) is 0 Å². The Morgan fingerprint density at radius 3 is 2.00 bits per heavy atom. The third-order valence-electron chi connectivity index (χ3n) is 3.05. The molecule has 0 spiro atoms. The molecular formula is C15H26IN3O3. The van der Waals surface area contributed by atoms with Gasteiger partial charge >= 0.3 is 0 Å². The first kappa shape index (κ1) is 20.6. The number of methoxy groups -OCH3 is 2. The third-order valence-corrected chi connectivity index (χ3v) is 3.05. The van der Waals surface area contributed by atoms with E-state index in [0.29, 0.717) is 36.4 Å². The molecule has 0 atom stereocenters. The maximum Gasteiger partial charge on any atom is 0.191 e. The molecule has 0 aliphatic heterocycles. The summed E-state index contributed by atoms with van der Waals surface area (Å²) in [6, 6.07) is 5.41. The van der Waals surface area contributed by atoms with Crippen LogP contribution in [0.3, 0.4) is 0 Å². The molecule has 0 aliphatic rings. The van der Waals surface area contributed by atoms with Crippen LogP contribution in [0.2, 0.25) is 0 Å². The zero-order valence-electron chi connectivity index (χ0n) is 13.7. The highest BCUT2D eigenvalue weighted by atomic mass is 127. The highest BCUT2D eigenvalue weighted by Gasteiger charge is 2.04. The molecule has 126 valence electrons. The molecule has 1 aromatic rings. The maximum absolute atomic E-state index is 5.89. The minimum absolute atomic E-state index is 0. The Kier molecular flexibility index (Phi) is 10.5. The minimum Gasteiger partial charge on any atom is -0.496 e. The van der Waals surface area contributed by atoms with E-state index < -0.39 is 0 Å². The van der Waals surface area contributed by atoms with Crippen molar-refractivity contribution < 1.29 is 14.2 Å². The molecule has 7 heteroatoms. The fourth-order valence-electron chi connectivity index (χ4n) is 1.84. The zero-order chi connectivity index (χ0) is 15.7. The fourth-order valence-corrected chi connectivity index (χ4v) is 1.84. The second kappa shape index (κ2) is 11.2. The molecule has 0 amide bonds. The summed E-state index contributed by atoms with van der Waals surface area (Å²) in [6.45, 7) is 6.73. The molecule has 0 fully saturated rings. The lowest BCUT2D eigenvalue weighted by atomic mass is 10.3. The van der Waals surface area contributed by atoms with E-state index in [-0.39, 0.29) is 24.0 Å². The van der Waals surface area contributed by atoms with Crippen molar-refractivity contribution in [1.29, 1.82) is 0 Å². The lowest BCUT2D eigenvalue weighted by Gasteiger charge is -2.19. The number of ether oxygens (including phenoxy) is 3. The fraction of sp³-hybridized carbons (Fsp3) is 0.533. The van der Waals surface area contributed by atoms with E-state index in [1.807, 2.05) is 18.7 Å². The van der Waals surface area contributed by atoms with Crippen LogP contribution in [-0.2, 0) is 0 Å². The molecule has 1 aromatic carbocycles. The van der Waals surface area contributed by atoms with Crippen LogP contribution < -0.4 is 19.9 Å². The summed E-state index contributed by atoms with van der Waals surface area (Å²) in [5, 5.41) is 0. The normalized spacial score (nSPS) is 10.6. The van der Waals surface area contributed by atoms with Gasteiger partial charge in [0.1, 0.15) is 23.9 Å². The molecule has 0 saturated carbocycles. The monoisotopic (exact) mass is 423 g/mol. The van der Waals surface area contributed by atoms with Crippen LogP contribution in [0.5, 0.6) is 17.2 Å². The Morgan fingerprint density at radius 2 is 1.55 bits per heavy atom. The summed E-state index contributed by atoms with van der Waals surface area (Å²) in [6.07, 6.45) is 0. The smallest absolute Gasteiger partial charge is 0.191 e. The van der Waals surface area contributed by atoms with E-state index in [1.165, 1.54) is 0 Å². The standard InChI is InChI=1S/C15H25N3O3.HI/c1-5-18(6-2)15(16)17-7-8-21-14-10-12(19-3)9-13(11-14)20-4;/h9-11H,5-8H2,1-4H3,(H2,16,17);1H. The molecule has 0 heterocycles. The Labute approximate surface area is 149 Å². The minimum atomic E-state index is 0. The molecule has 2 N–H and O–H groups in total. The zero-order valence-corrected chi connectivity index (χ0v) is 16.0. The van der Waals surface area contributed by atoms with E-state index in [4.69, 9.17) is 19.9 Å². The molecule has 0 unspecified atom stereocenters. The number of rotatable bonds is 8. The van der Waals surface area contributed by atoms with E-state index in [2.05, 4.69) is 4.99 Å². The summed E-state index contributed by atoms with van der Waals surface area (Å²) >= 11 is 0. The van der Waals surface area contributed by atoms with Crippen molar-refractivity contribution in [3.8, 4) is 17.2 Å². The third kappa shape index (κ3) is 6.59. The van der Waals surface area contributed by atoms with Crippen LogP contribution >= 0.6 is 24.0 Å². The lowest BCUT2D eigenvalue weighted by Crippen LogP contribution is -2.37. The van der Waals surface area contributed by atoms with Crippen LogP contribution in [0.1, 0.15) is 13.8 Å². The van der Waals surface area contributed by atoms with Gasteiger partial charge in [-0.15, -0.1) is 24.0 Å². The van der Waals surface area contributed by atoms with Crippen molar-refractivity contribution in [2.24, 2.45) is 10.7 Å². The Bertz CT molecular complexity index is 443. The first-order valence-electron chi connectivity index (χ1n) is 7.05. The molecule has 0 aliphatic carbocycles. The number of hydrogen-bond acceptors (Lipinski definition) is 4. The van der Waals surface area contributed by atoms with Crippen LogP contribution in [-0.4, -0.2) is 51.3 Å².